The molecule has 3 heteroatoms. The van der Waals surface area contributed by atoms with Crippen molar-refractivity contribution in [1.82, 2.24) is 0 Å². The number of hydrogen-bond acceptors (Lipinski definition) is 1. The first kappa shape index (κ1) is 10.5. The molecule has 0 spiro atoms. The van der Waals surface area contributed by atoms with E-state index in [1.54, 1.807) is 0 Å². The lowest BCUT2D eigenvalue weighted by Crippen LogP contribution is -2.40. The number of carbonyl (C=O) groups is 1. The molecule has 2 nitrogen and oxygen atoms in total. The van der Waals surface area contributed by atoms with Gasteiger partial charge in [0, 0.05) is 0 Å². The van der Waals surface area contributed by atoms with Gasteiger partial charge >= 0.3 is 0 Å². The van der Waals surface area contributed by atoms with Gasteiger partial charge in [0.05, 0.1) is 0 Å². The number of alkyl halides is 1. The fraction of sp³-hybridized carbons (Fsp3) is 0.900. The molecule has 1 unspecified atom stereocenters. The van der Waals surface area contributed by atoms with Crippen LogP contribution < -0.4 is 5.73 Å². The first-order valence-corrected chi connectivity index (χ1v) is 5.07. The molecule has 1 rings (SSSR count). The Labute approximate surface area is 78.7 Å². The minimum absolute atomic E-state index is 0.301. The van der Waals surface area contributed by atoms with E-state index in [0.29, 0.717) is 18.8 Å². The minimum atomic E-state index is -1.73. The van der Waals surface area contributed by atoms with Crippen molar-refractivity contribution in [2.24, 2.45) is 11.7 Å². The van der Waals surface area contributed by atoms with Crippen LogP contribution in [0, 0.1) is 5.92 Å². The summed E-state index contributed by atoms with van der Waals surface area (Å²) >= 11 is 0. The van der Waals surface area contributed by atoms with Crippen LogP contribution in [-0.2, 0) is 4.79 Å². The zero-order valence-electron chi connectivity index (χ0n) is 8.18. The summed E-state index contributed by atoms with van der Waals surface area (Å²) < 4.78 is 13.9. The maximum Gasteiger partial charge on any atom is 0.255 e. The van der Waals surface area contributed by atoms with Crippen molar-refractivity contribution in [2.75, 3.05) is 0 Å². The standard InChI is InChI=1S/C10H18FNO/c1-2-3-6-10(11,9(12)13)7-8-4-5-8/h8H,2-7H2,1H3,(H2,12,13). The number of amides is 1. The molecule has 0 aromatic rings. The van der Waals surface area contributed by atoms with E-state index < -0.39 is 11.6 Å². The van der Waals surface area contributed by atoms with Gasteiger partial charge in [-0.15, -0.1) is 0 Å². The van der Waals surface area contributed by atoms with E-state index in [9.17, 15) is 9.18 Å². The predicted molar refractivity (Wildman–Crippen MR) is 49.9 cm³/mol. The first-order valence-electron chi connectivity index (χ1n) is 5.07. The van der Waals surface area contributed by atoms with Crippen LogP contribution in [0.1, 0.15) is 45.4 Å². The van der Waals surface area contributed by atoms with Crippen LogP contribution in [0.15, 0.2) is 0 Å². The number of unbranched alkanes of at least 4 members (excludes halogenated alkanes) is 1. The van der Waals surface area contributed by atoms with E-state index in [2.05, 4.69) is 0 Å². The lowest BCUT2D eigenvalue weighted by atomic mass is 9.92. The second-order valence-electron chi connectivity index (χ2n) is 4.08. The number of carbonyl (C=O) groups excluding carboxylic acids is 1. The third-order valence-corrected chi connectivity index (χ3v) is 2.68. The molecule has 0 bridgehead atoms. The van der Waals surface area contributed by atoms with Gasteiger partial charge in [0.1, 0.15) is 0 Å². The number of hydrogen-bond donors (Lipinski definition) is 1. The maximum atomic E-state index is 13.9. The molecule has 1 amide bonds. The second-order valence-corrected chi connectivity index (χ2v) is 4.08. The summed E-state index contributed by atoms with van der Waals surface area (Å²) in [5.41, 5.74) is 3.35. The largest absolute Gasteiger partial charge is 0.367 e. The summed E-state index contributed by atoms with van der Waals surface area (Å²) in [6.07, 6.45) is 4.42. The van der Waals surface area contributed by atoms with Crippen LogP contribution >= 0.6 is 0 Å². The molecule has 1 aliphatic carbocycles. The van der Waals surface area contributed by atoms with Gasteiger partial charge in [-0.25, -0.2) is 4.39 Å². The molecule has 1 fully saturated rings. The highest BCUT2D eigenvalue weighted by Crippen LogP contribution is 2.40. The molecular weight excluding hydrogens is 169 g/mol. The van der Waals surface area contributed by atoms with Crippen LogP contribution in [0.3, 0.4) is 0 Å². The fourth-order valence-corrected chi connectivity index (χ4v) is 1.56. The van der Waals surface area contributed by atoms with Crippen LogP contribution in [0.4, 0.5) is 4.39 Å². The summed E-state index contributed by atoms with van der Waals surface area (Å²) in [5, 5.41) is 0. The van der Waals surface area contributed by atoms with Gasteiger partial charge in [-0.3, -0.25) is 4.79 Å². The van der Waals surface area contributed by atoms with Crippen LogP contribution in [0.25, 0.3) is 0 Å². The van der Waals surface area contributed by atoms with Crippen molar-refractivity contribution in [3.63, 3.8) is 0 Å². The van der Waals surface area contributed by atoms with Crippen molar-refractivity contribution >= 4 is 5.91 Å². The molecule has 1 atom stereocenters. The second kappa shape index (κ2) is 4.07. The van der Waals surface area contributed by atoms with Crippen molar-refractivity contribution in [3.8, 4) is 0 Å². The summed E-state index contributed by atoms with van der Waals surface area (Å²) in [6.45, 7) is 1.98. The monoisotopic (exact) mass is 187 g/mol. The van der Waals surface area contributed by atoms with Crippen molar-refractivity contribution in [1.29, 1.82) is 0 Å². The topological polar surface area (TPSA) is 43.1 Å². The molecule has 0 radical (unpaired) electrons. The van der Waals surface area contributed by atoms with Gasteiger partial charge in [0.25, 0.3) is 5.91 Å². The normalized spacial score (nSPS) is 21.1. The van der Waals surface area contributed by atoms with Crippen LogP contribution in [-0.4, -0.2) is 11.6 Å². The summed E-state index contributed by atoms with van der Waals surface area (Å²) in [5.74, 6) is -0.359. The van der Waals surface area contributed by atoms with E-state index in [4.69, 9.17) is 5.73 Å². The SMILES string of the molecule is CCCCC(F)(CC1CC1)C(N)=O. The molecule has 0 saturated heterocycles. The molecule has 13 heavy (non-hydrogen) atoms. The highest BCUT2D eigenvalue weighted by Gasteiger charge is 2.41. The van der Waals surface area contributed by atoms with Gasteiger partial charge < -0.3 is 5.73 Å². The van der Waals surface area contributed by atoms with Gasteiger partial charge in [0.2, 0.25) is 0 Å². The maximum absolute atomic E-state index is 13.9. The fourth-order valence-electron chi connectivity index (χ4n) is 1.56. The zero-order chi connectivity index (χ0) is 9.90. The number of nitrogens with two attached hydrogens (primary N) is 1. The smallest absolute Gasteiger partial charge is 0.255 e. The van der Waals surface area contributed by atoms with Crippen molar-refractivity contribution in [3.05, 3.63) is 0 Å². The van der Waals surface area contributed by atoms with Gasteiger partial charge in [-0.05, 0) is 25.2 Å². The molecule has 76 valence electrons. The van der Waals surface area contributed by atoms with Gasteiger partial charge in [-0.2, -0.15) is 0 Å². The lowest BCUT2D eigenvalue weighted by Gasteiger charge is -2.21. The van der Waals surface area contributed by atoms with E-state index >= 15 is 0 Å². The van der Waals surface area contributed by atoms with E-state index in [0.717, 1.165) is 25.7 Å². The quantitative estimate of drug-likeness (QED) is 0.680. The first-order chi connectivity index (χ1) is 6.08. The summed E-state index contributed by atoms with van der Waals surface area (Å²) in [4.78, 5) is 10.9. The number of halogens is 1. The van der Waals surface area contributed by atoms with Crippen LogP contribution in [0.5, 0.6) is 0 Å². The Balaban J connectivity index is 2.45. The Morgan fingerprint density at radius 1 is 1.62 bits per heavy atom. The predicted octanol–water partition coefficient (Wildman–Crippen LogP) is 2.17. The summed E-state index contributed by atoms with van der Waals surface area (Å²) in [7, 11) is 0. The molecule has 0 aromatic carbocycles. The summed E-state index contributed by atoms with van der Waals surface area (Å²) in [6, 6.07) is 0. The molecule has 0 heterocycles. The molecule has 2 N–H and O–H groups in total. The highest BCUT2D eigenvalue weighted by molar-refractivity contribution is 5.83. The average molecular weight is 187 g/mol. The highest BCUT2D eigenvalue weighted by atomic mass is 19.1. The molecule has 0 aromatic heterocycles. The van der Waals surface area contributed by atoms with Crippen molar-refractivity contribution in [2.45, 2.75) is 51.1 Å². The minimum Gasteiger partial charge on any atom is -0.367 e. The third kappa shape index (κ3) is 2.98. The Morgan fingerprint density at radius 2 is 2.23 bits per heavy atom. The van der Waals surface area contributed by atoms with Gasteiger partial charge in [-0.1, -0.05) is 26.2 Å². The average Bonchev–Trinajstić information content (AvgIpc) is 2.84. The van der Waals surface area contributed by atoms with E-state index in [-0.39, 0.29) is 0 Å². The number of primary amides is 1. The molecular formula is C10H18FNO. The zero-order valence-corrected chi connectivity index (χ0v) is 8.18. The third-order valence-electron chi connectivity index (χ3n) is 2.68. The Morgan fingerprint density at radius 3 is 2.62 bits per heavy atom. The molecule has 1 saturated carbocycles. The van der Waals surface area contributed by atoms with Gasteiger partial charge in [0.15, 0.2) is 5.67 Å². The van der Waals surface area contributed by atoms with E-state index in [1.165, 1.54) is 0 Å². The Hall–Kier alpha value is -0.600. The van der Waals surface area contributed by atoms with Crippen LogP contribution in [0.2, 0.25) is 0 Å². The lowest BCUT2D eigenvalue weighted by molar-refractivity contribution is -0.130. The molecule has 1 aliphatic rings. The van der Waals surface area contributed by atoms with Crippen molar-refractivity contribution < 1.29 is 9.18 Å². The Kier molecular flexibility index (Phi) is 3.28. The van der Waals surface area contributed by atoms with E-state index in [1.807, 2.05) is 6.92 Å². The number of rotatable bonds is 6. The Bertz CT molecular complexity index is 191. The molecule has 0 aliphatic heterocycles.